The average molecular weight is 242 g/mol. The van der Waals surface area contributed by atoms with E-state index in [2.05, 4.69) is 17.3 Å². The summed E-state index contributed by atoms with van der Waals surface area (Å²) in [6, 6.07) is 7.41. The van der Waals surface area contributed by atoms with Crippen LogP contribution in [0.5, 0.6) is 5.75 Å². The molecule has 0 radical (unpaired) electrons. The number of carbonyl (C=O) groups excluding carboxylic acids is 1. The van der Waals surface area contributed by atoms with Crippen molar-refractivity contribution in [2.75, 3.05) is 14.2 Å². The fraction of sp³-hybridized carbons (Fsp3) is 0.143. The van der Waals surface area contributed by atoms with Crippen LogP contribution in [0, 0.1) is 0 Å². The van der Waals surface area contributed by atoms with Crippen LogP contribution >= 0.6 is 0 Å². The number of nitrogens with zero attached hydrogens (tertiary/aromatic N) is 1. The Morgan fingerprint density at radius 3 is 2.94 bits per heavy atom. The topological polar surface area (TPSA) is 45.3 Å². The van der Waals surface area contributed by atoms with Crippen molar-refractivity contribution in [2.24, 2.45) is 0 Å². The molecule has 0 saturated heterocycles. The molecule has 4 nitrogen and oxygen atoms in total. The van der Waals surface area contributed by atoms with Gasteiger partial charge in [0.25, 0.3) is 5.91 Å². The largest absolute Gasteiger partial charge is 0.497 e. The van der Waals surface area contributed by atoms with Crippen molar-refractivity contribution in [3.63, 3.8) is 0 Å². The number of hydrogen-bond acceptors (Lipinski definition) is 2. The summed E-state index contributed by atoms with van der Waals surface area (Å²) >= 11 is 0. The number of hydrogen-bond donors (Lipinski definition) is 1. The quantitative estimate of drug-likeness (QED) is 0.841. The Balaban J connectivity index is 2.41. The zero-order valence-electron chi connectivity index (χ0n) is 10.4. The minimum Gasteiger partial charge on any atom is -0.497 e. The van der Waals surface area contributed by atoms with Crippen molar-refractivity contribution < 1.29 is 9.53 Å². The van der Waals surface area contributed by atoms with Crippen LogP contribution in [0.25, 0.3) is 10.9 Å². The summed E-state index contributed by atoms with van der Waals surface area (Å²) in [4.78, 5) is 16.5. The molecule has 1 amide bonds. The maximum Gasteiger partial charge on any atom is 0.274 e. The van der Waals surface area contributed by atoms with Crippen LogP contribution in [-0.4, -0.2) is 29.9 Å². The number of methoxy groups -OCH3 is 1. The van der Waals surface area contributed by atoms with Gasteiger partial charge in [-0.05, 0) is 24.3 Å². The predicted octanol–water partition coefficient (Wildman–Crippen LogP) is 2.55. The Morgan fingerprint density at radius 1 is 1.50 bits per heavy atom. The van der Waals surface area contributed by atoms with Gasteiger partial charge < -0.3 is 14.6 Å². The summed E-state index contributed by atoms with van der Waals surface area (Å²) in [5.74, 6) is 0.626. The molecule has 4 heteroatoms. The van der Waals surface area contributed by atoms with E-state index in [-0.39, 0.29) is 5.91 Å². The maximum atomic E-state index is 12.0. The number of fused-ring (bicyclic) bond motifs is 1. The lowest BCUT2D eigenvalue weighted by Gasteiger charge is -2.08. The molecule has 0 aliphatic heterocycles. The average Bonchev–Trinajstić information content (AvgIpc) is 2.80. The minimum atomic E-state index is -0.138. The normalized spacial score (nSPS) is 9.89. The summed E-state index contributed by atoms with van der Waals surface area (Å²) < 4.78 is 5.14. The Kier molecular flexibility index (Phi) is 3.22. The zero-order valence-corrected chi connectivity index (χ0v) is 10.4. The summed E-state index contributed by atoms with van der Waals surface area (Å²) in [6.45, 7) is 3.44. The van der Waals surface area contributed by atoms with Gasteiger partial charge in [0.2, 0.25) is 0 Å². The highest BCUT2D eigenvalue weighted by molar-refractivity contribution is 5.98. The fourth-order valence-corrected chi connectivity index (χ4v) is 1.74. The summed E-state index contributed by atoms with van der Waals surface area (Å²) in [5, 5.41) is 0.939. The molecule has 1 aromatic carbocycles. The Bertz CT molecular complexity index is 636. The smallest absolute Gasteiger partial charge is 0.274 e. The second kappa shape index (κ2) is 4.82. The second-order valence-corrected chi connectivity index (χ2v) is 3.89. The minimum absolute atomic E-state index is 0.138. The third-order valence-corrected chi connectivity index (χ3v) is 2.66. The lowest BCUT2D eigenvalue weighted by molar-refractivity contribution is 0.0845. The molecule has 0 saturated carbocycles. The number of nitrogens with one attached hydrogen (secondary N) is 1. The molecule has 0 fully saturated rings. The third kappa shape index (κ3) is 2.14. The highest BCUT2D eigenvalue weighted by atomic mass is 16.5. The van der Waals surface area contributed by atoms with Crippen molar-refractivity contribution in [2.45, 2.75) is 0 Å². The van der Waals surface area contributed by atoms with Gasteiger partial charge in [-0.15, -0.1) is 5.73 Å². The van der Waals surface area contributed by atoms with Crippen molar-refractivity contribution in [3.05, 3.63) is 48.5 Å². The number of benzene rings is 1. The first-order valence-electron chi connectivity index (χ1n) is 5.45. The van der Waals surface area contributed by atoms with Gasteiger partial charge in [-0.25, -0.2) is 0 Å². The summed E-state index contributed by atoms with van der Waals surface area (Å²) in [5.41, 5.74) is 3.99. The molecule has 2 rings (SSSR count). The number of amides is 1. The van der Waals surface area contributed by atoms with E-state index in [4.69, 9.17) is 4.74 Å². The van der Waals surface area contributed by atoms with Crippen LogP contribution in [0.1, 0.15) is 10.5 Å². The van der Waals surface area contributed by atoms with E-state index < -0.39 is 0 Å². The van der Waals surface area contributed by atoms with Crippen LogP contribution < -0.4 is 4.74 Å². The zero-order chi connectivity index (χ0) is 13.1. The van der Waals surface area contributed by atoms with Crippen LogP contribution in [0.15, 0.2) is 42.8 Å². The van der Waals surface area contributed by atoms with E-state index in [1.807, 2.05) is 18.2 Å². The molecular formula is C14H14N2O2. The molecule has 1 N–H and O–H groups in total. The summed E-state index contributed by atoms with van der Waals surface area (Å²) in [7, 11) is 3.27. The Hall–Kier alpha value is -2.45. The number of aromatic amines is 1. The maximum absolute atomic E-state index is 12.0. The van der Waals surface area contributed by atoms with Gasteiger partial charge in [0.15, 0.2) is 0 Å². The SMILES string of the molecule is C=C=CN(C)C(=O)c1cc2cc(OC)ccc2[nH]1. The lowest BCUT2D eigenvalue weighted by atomic mass is 10.2. The van der Waals surface area contributed by atoms with E-state index in [1.54, 1.807) is 20.2 Å². The first-order chi connectivity index (χ1) is 8.65. The van der Waals surface area contributed by atoms with Crippen LogP contribution in [0.2, 0.25) is 0 Å². The van der Waals surface area contributed by atoms with Gasteiger partial charge in [-0.3, -0.25) is 4.79 Å². The Labute approximate surface area is 105 Å². The Morgan fingerprint density at radius 2 is 2.28 bits per heavy atom. The highest BCUT2D eigenvalue weighted by Gasteiger charge is 2.12. The molecule has 0 aliphatic carbocycles. The fourth-order valence-electron chi connectivity index (χ4n) is 1.74. The van der Waals surface area contributed by atoms with Gasteiger partial charge in [0.1, 0.15) is 11.4 Å². The van der Waals surface area contributed by atoms with E-state index in [1.165, 1.54) is 11.1 Å². The standard InChI is InChI=1S/C14H14N2O2/c1-4-7-16(2)14(17)13-9-10-8-11(18-3)5-6-12(10)15-13/h5-9,15H,1H2,2-3H3. The van der Waals surface area contributed by atoms with E-state index >= 15 is 0 Å². The molecule has 92 valence electrons. The van der Waals surface area contributed by atoms with Crippen LogP contribution in [0.4, 0.5) is 0 Å². The predicted molar refractivity (Wildman–Crippen MR) is 70.7 cm³/mol. The second-order valence-electron chi connectivity index (χ2n) is 3.89. The van der Waals surface area contributed by atoms with Crippen molar-refractivity contribution in [3.8, 4) is 5.75 Å². The molecule has 0 unspecified atom stereocenters. The molecule has 2 aromatic rings. The lowest BCUT2D eigenvalue weighted by Crippen LogP contribution is -2.20. The molecular weight excluding hydrogens is 228 g/mol. The van der Waals surface area contributed by atoms with E-state index in [0.29, 0.717) is 5.69 Å². The van der Waals surface area contributed by atoms with Crippen molar-refractivity contribution >= 4 is 16.8 Å². The number of ether oxygens (including phenoxy) is 1. The first-order valence-corrected chi connectivity index (χ1v) is 5.45. The van der Waals surface area contributed by atoms with Gasteiger partial charge in [0.05, 0.1) is 7.11 Å². The van der Waals surface area contributed by atoms with Gasteiger partial charge in [-0.2, -0.15) is 0 Å². The van der Waals surface area contributed by atoms with Gasteiger partial charge in [-0.1, -0.05) is 6.58 Å². The number of carbonyl (C=O) groups is 1. The molecule has 1 aromatic heterocycles. The molecule has 0 atom stereocenters. The molecule has 0 bridgehead atoms. The monoisotopic (exact) mass is 242 g/mol. The number of H-pyrrole nitrogens is 1. The highest BCUT2D eigenvalue weighted by Crippen LogP contribution is 2.21. The molecule has 0 aliphatic rings. The van der Waals surface area contributed by atoms with E-state index in [0.717, 1.165) is 16.7 Å². The first kappa shape index (κ1) is 12.0. The van der Waals surface area contributed by atoms with Gasteiger partial charge >= 0.3 is 0 Å². The molecule has 1 heterocycles. The number of rotatable bonds is 3. The molecule has 18 heavy (non-hydrogen) atoms. The van der Waals surface area contributed by atoms with Crippen LogP contribution in [-0.2, 0) is 0 Å². The molecule has 0 spiro atoms. The van der Waals surface area contributed by atoms with E-state index in [9.17, 15) is 4.79 Å². The van der Waals surface area contributed by atoms with Crippen molar-refractivity contribution in [1.82, 2.24) is 9.88 Å². The van der Waals surface area contributed by atoms with Crippen molar-refractivity contribution in [1.29, 1.82) is 0 Å². The summed E-state index contributed by atoms with van der Waals surface area (Å²) in [6.07, 6.45) is 1.49. The van der Waals surface area contributed by atoms with Gasteiger partial charge in [0, 0.05) is 24.2 Å². The third-order valence-electron chi connectivity index (χ3n) is 2.66. The van der Waals surface area contributed by atoms with Crippen LogP contribution in [0.3, 0.4) is 0 Å². The number of aromatic nitrogens is 1.